The van der Waals surface area contributed by atoms with Gasteiger partial charge in [0.1, 0.15) is 11.2 Å². The van der Waals surface area contributed by atoms with Gasteiger partial charge in [0.05, 0.1) is 6.04 Å². The minimum absolute atomic E-state index is 0.0534. The normalized spacial score (nSPS) is 22.3. The molecule has 3 nitrogen and oxygen atoms in total. The Morgan fingerprint density at radius 3 is 2.39 bits per heavy atom. The molecule has 28 heavy (non-hydrogen) atoms. The molecule has 5 rings (SSSR count). The van der Waals surface area contributed by atoms with E-state index in [1.807, 2.05) is 61.7 Å². The number of halogens is 1. The number of hydrogen-bond donors (Lipinski definition) is 1. The first kappa shape index (κ1) is 16.8. The highest BCUT2D eigenvalue weighted by molar-refractivity contribution is 6.12. The summed E-state index contributed by atoms with van der Waals surface area (Å²) in [5.74, 6) is -0.210. The largest absolute Gasteiger partial charge is 0.375 e. The molecule has 1 N–H and O–H groups in total. The number of hydrogen-bond acceptors (Lipinski definition) is 2. The van der Waals surface area contributed by atoms with Crippen molar-refractivity contribution in [2.45, 2.75) is 11.5 Å². The maximum absolute atomic E-state index is 13.4. The van der Waals surface area contributed by atoms with Crippen molar-refractivity contribution in [3.05, 3.63) is 107 Å². The van der Waals surface area contributed by atoms with Crippen LogP contribution in [0.15, 0.2) is 84.9 Å². The topological polar surface area (TPSA) is 32.3 Å². The number of rotatable bonds is 2. The number of fused-ring (bicyclic) bond motifs is 4. The molecule has 0 saturated heterocycles. The first-order valence-electron chi connectivity index (χ1n) is 9.30. The average molecular weight is 370 g/mol. The molecule has 0 bridgehead atoms. The number of benzene rings is 3. The van der Waals surface area contributed by atoms with E-state index >= 15 is 0 Å². The van der Waals surface area contributed by atoms with Gasteiger partial charge in [0.2, 0.25) is 5.91 Å². The van der Waals surface area contributed by atoms with E-state index in [2.05, 4.69) is 11.4 Å². The summed E-state index contributed by atoms with van der Waals surface area (Å²) in [6.07, 6.45) is 4.06. The molecule has 2 aliphatic rings. The van der Waals surface area contributed by atoms with E-state index in [1.165, 1.54) is 12.1 Å². The number of anilines is 2. The molecule has 0 unspecified atom stereocenters. The van der Waals surface area contributed by atoms with Crippen molar-refractivity contribution in [1.29, 1.82) is 0 Å². The third-order valence-corrected chi connectivity index (χ3v) is 5.76. The van der Waals surface area contributed by atoms with E-state index in [0.717, 1.165) is 28.1 Å². The Bertz CT molecular complexity index is 1110. The summed E-state index contributed by atoms with van der Waals surface area (Å²) in [5, 5.41) is 3.44. The Labute approximate surface area is 163 Å². The maximum atomic E-state index is 13.4. The zero-order valence-electron chi connectivity index (χ0n) is 15.4. The van der Waals surface area contributed by atoms with Crippen molar-refractivity contribution in [3.8, 4) is 0 Å². The monoisotopic (exact) mass is 370 g/mol. The van der Waals surface area contributed by atoms with Gasteiger partial charge in [0.15, 0.2) is 0 Å². The molecule has 1 aliphatic heterocycles. The van der Waals surface area contributed by atoms with Gasteiger partial charge in [0.25, 0.3) is 0 Å². The number of amides is 1. The molecule has 0 saturated carbocycles. The van der Waals surface area contributed by atoms with Crippen LogP contribution in [0.2, 0.25) is 0 Å². The van der Waals surface area contributed by atoms with Crippen molar-refractivity contribution in [2.24, 2.45) is 0 Å². The van der Waals surface area contributed by atoms with Gasteiger partial charge in [-0.25, -0.2) is 4.39 Å². The number of likely N-dealkylation sites (N-methyl/N-ethyl adjacent to an activating group) is 1. The third-order valence-electron chi connectivity index (χ3n) is 5.76. The number of nitrogens with zero attached hydrogens (tertiary/aromatic N) is 1. The Kier molecular flexibility index (Phi) is 3.63. The van der Waals surface area contributed by atoms with Gasteiger partial charge in [-0.2, -0.15) is 0 Å². The van der Waals surface area contributed by atoms with Gasteiger partial charge < -0.3 is 10.2 Å². The van der Waals surface area contributed by atoms with Crippen molar-refractivity contribution < 1.29 is 9.18 Å². The Morgan fingerprint density at radius 1 is 0.929 bits per heavy atom. The maximum Gasteiger partial charge on any atom is 0.245 e. The molecule has 1 amide bonds. The summed E-state index contributed by atoms with van der Waals surface area (Å²) in [4.78, 5) is 15.2. The van der Waals surface area contributed by atoms with Crippen molar-refractivity contribution in [1.82, 2.24) is 0 Å². The van der Waals surface area contributed by atoms with Crippen LogP contribution in [-0.2, 0) is 10.2 Å². The van der Waals surface area contributed by atoms with E-state index in [-0.39, 0.29) is 17.8 Å². The molecule has 0 fully saturated rings. The molecule has 138 valence electrons. The summed E-state index contributed by atoms with van der Waals surface area (Å²) in [5.41, 5.74) is 4.01. The van der Waals surface area contributed by atoms with Crippen LogP contribution >= 0.6 is 0 Å². The lowest BCUT2D eigenvalue weighted by molar-refractivity contribution is -0.120. The predicted molar refractivity (Wildman–Crippen MR) is 109 cm³/mol. The molecule has 2 atom stereocenters. The van der Waals surface area contributed by atoms with Crippen molar-refractivity contribution >= 4 is 17.3 Å². The van der Waals surface area contributed by atoms with Gasteiger partial charge in [-0.05, 0) is 47.0 Å². The summed E-state index contributed by atoms with van der Waals surface area (Å²) in [6.45, 7) is 0. The van der Waals surface area contributed by atoms with Crippen LogP contribution < -0.4 is 10.2 Å². The van der Waals surface area contributed by atoms with E-state index in [1.54, 1.807) is 17.0 Å². The zero-order chi connectivity index (χ0) is 19.3. The van der Waals surface area contributed by atoms with Gasteiger partial charge in [-0.1, -0.05) is 54.6 Å². The molecule has 3 aromatic rings. The number of para-hydroxylation sites is 1. The standard InChI is InChI=1S/C24H19FN2O/c1-27-22-9-5-4-8-20(22)24(23(27)28)15-14-21(18-6-2-3-7-19(18)24)26-17-12-10-16(25)11-13-17/h2-15,21,26H,1H3/t21-,24+/m1/s1. The molecule has 1 heterocycles. The van der Waals surface area contributed by atoms with Gasteiger partial charge in [-0.3, -0.25) is 4.79 Å². The number of carbonyl (C=O) groups is 1. The summed E-state index contributed by atoms with van der Waals surface area (Å²) in [6, 6.07) is 22.2. The highest BCUT2D eigenvalue weighted by Gasteiger charge is 2.51. The quantitative estimate of drug-likeness (QED) is 0.657. The average Bonchev–Trinajstić information content (AvgIpc) is 2.95. The van der Waals surface area contributed by atoms with Crippen LogP contribution in [0.3, 0.4) is 0 Å². The number of nitrogens with one attached hydrogen (secondary N) is 1. The first-order chi connectivity index (χ1) is 13.6. The molecule has 0 aromatic heterocycles. The SMILES string of the molecule is CN1C(=O)[C@]2(C=C[C@@H](Nc3ccc(F)cc3)c3ccccc32)c2ccccc21. The molecule has 4 heteroatoms. The van der Waals surface area contributed by atoms with Gasteiger partial charge in [-0.15, -0.1) is 0 Å². The second kappa shape index (κ2) is 6.06. The fourth-order valence-electron chi connectivity index (χ4n) is 4.42. The Hall–Kier alpha value is -3.40. The highest BCUT2D eigenvalue weighted by Crippen LogP contribution is 2.50. The molecule has 3 aromatic carbocycles. The summed E-state index contributed by atoms with van der Waals surface area (Å²) >= 11 is 0. The number of carbonyl (C=O) groups excluding carboxylic acids is 1. The second-order valence-corrected chi connectivity index (χ2v) is 7.26. The van der Waals surface area contributed by atoms with E-state index in [0.29, 0.717) is 0 Å². The van der Waals surface area contributed by atoms with E-state index < -0.39 is 5.41 Å². The molecule has 1 aliphatic carbocycles. The molecular weight excluding hydrogens is 351 g/mol. The van der Waals surface area contributed by atoms with Crippen molar-refractivity contribution in [3.63, 3.8) is 0 Å². The zero-order valence-corrected chi connectivity index (χ0v) is 15.4. The van der Waals surface area contributed by atoms with Crippen LogP contribution in [0.25, 0.3) is 0 Å². The predicted octanol–water partition coefficient (Wildman–Crippen LogP) is 4.81. The second-order valence-electron chi connectivity index (χ2n) is 7.26. The highest BCUT2D eigenvalue weighted by atomic mass is 19.1. The molecule has 1 spiro atoms. The summed E-state index contributed by atoms with van der Waals surface area (Å²) < 4.78 is 13.2. The van der Waals surface area contributed by atoms with Crippen LogP contribution in [0, 0.1) is 5.82 Å². The first-order valence-corrected chi connectivity index (χ1v) is 9.30. The molecule has 0 radical (unpaired) electrons. The molecular formula is C24H19FN2O. The smallest absolute Gasteiger partial charge is 0.245 e. The lowest BCUT2D eigenvalue weighted by Crippen LogP contribution is -2.41. The fourth-order valence-corrected chi connectivity index (χ4v) is 4.42. The van der Waals surface area contributed by atoms with Crippen LogP contribution in [0.1, 0.15) is 22.7 Å². The van der Waals surface area contributed by atoms with E-state index in [4.69, 9.17) is 0 Å². The van der Waals surface area contributed by atoms with Crippen LogP contribution in [-0.4, -0.2) is 13.0 Å². The lowest BCUT2D eigenvalue weighted by Gasteiger charge is -2.34. The van der Waals surface area contributed by atoms with Gasteiger partial charge in [0, 0.05) is 18.4 Å². The van der Waals surface area contributed by atoms with Crippen LogP contribution in [0.5, 0.6) is 0 Å². The van der Waals surface area contributed by atoms with E-state index in [9.17, 15) is 9.18 Å². The summed E-state index contributed by atoms with van der Waals surface area (Å²) in [7, 11) is 1.83. The lowest BCUT2D eigenvalue weighted by atomic mass is 9.69. The Morgan fingerprint density at radius 2 is 1.61 bits per heavy atom. The van der Waals surface area contributed by atoms with Crippen molar-refractivity contribution in [2.75, 3.05) is 17.3 Å². The van der Waals surface area contributed by atoms with Crippen LogP contribution in [0.4, 0.5) is 15.8 Å². The minimum atomic E-state index is -0.803. The van der Waals surface area contributed by atoms with Gasteiger partial charge >= 0.3 is 0 Å². The Balaban J connectivity index is 1.65. The third kappa shape index (κ3) is 2.24. The minimum Gasteiger partial charge on any atom is -0.375 e. The fraction of sp³-hybridized carbons (Fsp3) is 0.125.